The predicted octanol–water partition coefficient (Wildman–Crippen LogP) is 3.63. The van der Waals surface area contributed by atoms with E-state index in [1.54, 1.807) is 11.3 Å². The highest BCUT2D eigenvalue weighted by atomic mass is 79.9. The Balaban J connectivity index is 3.09. The van der Waals surface area contributed by atoms with Crippen LogP contribution in [0.4, 0.5) is 0 Å². The molecule has 92 valence electrons. The first kappa shape index (κ1) is 14.2. The summed E-state index contributed by atoms with van der Waals surface area (Å²) < 4.78 is 1.14. The van der Waals surface area contributed by atoms with Gasteiger partial charge < -0.3 is 10.6 Å². The van der Waals surface area contributed by atoms with E-state index in [4.69, 9.17) is 5.73 Å². The van der Waals surface area contributed by atoms with Crippen LogP contribution >= 0.6 is 27.3 Å². The first-order chi connectivity index (χ1) is 7.49. The lowest BCUT2D eigenvalue weighted by atomic mass is 9.81. The summed E-state index contributed by atoms with van der Waals surface area (Å²) in [5, 5.41) is 4.25. The van der Waals surface area contributed by atoms with Crippen molar-refractivity contribution in [1.29, 1.82) is 0 Å². The molecule has 2 N–H and O–H groups in total. The third-order valence-electron chi connectivity index (χ3n) is 3.67. The number of nitrogens with zero attached hydrogens (tertiary/aromatic N) is 1. The minimum atomic E-state index is 0.0452. The van der Waals surface area contributed by atoms with Crippen LogP contribution in [-0.2, 0) is 0 Å². The van der Waals surface area contributed by atoms with E-state index in [0.29, 0.717) is 0 Å². The van der Waals surface area contributed by atoms with Crippen LogP contribution in [-0.4, -0.2) is 24.5 Å². The molecular formula is C12H21BrN2S. The Kier molecular flexibility index (Phi) is 4.98. The molecule has 16 heavy (non-hydrogen) atoms. The average molecular weight is 305 g/mol. The maximum atomic E-state index is 6.48. The first-order valence-corrected chi connectivity index (χ1v) is 7.37. The monoisotopic (exact) mass is 304 g/mol. The van der Waals surface area contributed by atoms with Crippen LogP contribution in [0, 0.1) is 0 Å². The van der Waals surface area contributed by atoms with Crippen LogP contribution in [0.1, 0.15) is 38.3 Å². The summed E-state index contributed by atoms with van der Waals surface area (Å²) in [4.78, 5) is 2.27. The molecule has 0 aliphatic rings. The van der Waals surface area contributed by atoms with Crippen LogP contribution in [0.25, 0.3) is 0 Å². The fourth-order valence-electron chi connectivity index (χ4n) is 2.40. The van der Waals surface area contributed by atoms with Gasteiger partial charge in [0.15, 0.2) is 0 Å². The number of rotatable bonds is 5. The number of halogens is 1. The summed E-state index contributed by atoms with van der Waals surface area (Å²) in [6, 6.07) is 0.0538. The second-order valence-corrected chi connectivity index (χ2v) is 5.96. The second-order valence-electron chi connectivity index (χ2n) is 4.36. The molecule has 4 heteroatoms. The SMILES string of the molecule is CCC(CC)(C(N)c1cscc1Br)N(C)C. The molecule has 0 amide bonds. The molecule has 1 aromatic rings. The fraction of sp³-hybridized carbons (Fsp3) is 0.667. The minimum absolute atomic E-state index is 0.0452. The van der Waals surface area contributed by atoms with Crippen molar-refractivity contribution in [2.24, 2.45) is 5.73 Å². The van der Waals surface area contributed by atoms with E-state index in [0.717, 1.165) is 17.3 Å². The molecule has 2 nitrogen and oxygen atoms in total. The Bertz CT molecular complexity index is 332. The van der Waals surface area contributed by atoms with Crippen molar-refractivity contribution in [3.05, 3.63) is 20.8 Å². The van der Waals surface area contributed by atoms with Crippen molar-refractivity contribution >= 4 is 27.3 Å². The average Bonchev–Trinajstić information content (AvgIpc) is 2.66. The summed E-state index contributed by atoms with van der Waals surface area (Å²) in [6.45, 7) is 4.42. The molecule has 1 heterocycles. The number of thiophene rings is 1. The molecule has 0 radical (unpaired) electrons. The Morgan fingerprint density at radius 2 is 1.94 bits per heavy atom. The van der Waals surface area contributed by atoms with Gasteiger partial charge in [0, 0.05) is 15.4 Å². The highest BCUT2D eigenvalue weighted by Crippen LogP contribution is 2.38. The van der Waals surface area contributed by atoms with Gasteiger partial charge >= 0.3 is 0 Å². The molecule has 0 saturated heterocycles. The Morgan fingerprint density at radius 3 is 2.25 bits per heavy atom. The molecule has 0 aromatic carbocycles. The van der Waals surface area contributed by atoms with Crippen molar-refractivity contribution in [3.8, 4) is 0 Å². The van der Waals surface area contributed by atoms with Gasteiger partial charge in [-0.25, -0.2) is 0 Å². The molecule has 1 rings (SSSR count). The van der Waals surface area contributed by atoms with E-state index in [9.17, 15) is 0 Å². The number of hydrogen-bond acceptors (Lipinski definition) is 3. The molecule has 0 aliphatic heterocycles. The number of hydrogen-bond donors (Lipinski definition) is 1. The van der Waals surface area contributed by atoms with E-state index in [2.05, 4.69) is 59.5 Å². The normalized spacial score (nSPS) is 14.4. The van der Waals surface area contributed by atoms with Gasteiger partial charge in [0.25, 0.3) is 0 Å². The molecule has 1 atom stereocenters. The third kappa shape index (κ3) is 2.35. The lowest BCUT2D eigenvalue weighted by Crippen LogP contribution is -2.51. The molecular weight excluding hydrogens is 284 g/mol. The van der Waals surface area contributed by atoms with Crippen molar-refractivity contribution in [2.75, 3.05) is 14.1 Å². The molecule has 0 spiro atoms. The highest BCUT2D eigenvalue weighted by Gasteiger charge is 2.37. The summed E-state index contributed by atoms with van der Waals surface area (Å²) in [6.07, 6.45) is 2.11. The van der Waals surface area contributed by atoms with Gasteiger partial charge in [-0.05, 0) is 53.8 Å². The van der Waals surface area contributed by atoms with Gasteiger partial charge in [-0.2, -0.15) is 11.3 Å². The lowest BCUT2D eigenvalue weighted by Gasteiger charge is -2.43. The van der Waals surface area contributed by atoms with Gasteiger partial charge in [0.1, 0.15) is 0 Å². The van der Waals surface area contributed by atoms with Gasteiger partial charge in [0.2, 0.25) is 0 Å². The van der Waals surface area contributed by atoms with E-state index >= 15 is 0 Å². The maximum absolute atomic E-state index is 6.48. The van der Waals surface area contributed by atoms with Crippen molar-refractivity contribution in [1.82, 2.24) is 4.90 Å². The Hall–Kier alpha value is 0.1000. The standard InChI is InChI=1S/C12H21BrN2S/c1-5-12(6-2,15(3)4)11(14)9-7-16-8-10(9)13/h7-8,11H,5-6,14H2,1-4H3. The van der Waals surface area contributed by atoms with Crippen molar-refractivity contribution < 1.29 is 0 Å². The minimum Gasteiger partial charge on any atom is -0.322 e. The largest absolute Gasteiger partial charge is 0.322 e. The smallest absolute Gasteiger partial charge is 0.0501 e. The van der Waals surface area contributed by atoms with E-state index in [-0.39, 0.29) is 11.6 Å². The molecule has 0 bridgehead atoms. The Morgan fingerprint density at radius 1 is 1.38 bits per heavy atom. The molecule has 0 aliphatic carbocycles. The quantitative estimate of drug-likeness (QED) is 0.900. The van der Waals surface area contributed by atoms with E-state index in [1.807, 2.05) is 0 Å². The highest BCUT2D eigenvalue weighted by molar-refractivity contribution is 9.10. The van der Waals surface area contributed by atoms with Gasteiger partial charge in [0.05, 0.1) is 6.04 Å². The van der Waals surface area contributed by atoms with Crippen LogP contribution in [0.15, 0.2) is 15.2 Å². The first-order valence-electron chi connectivity index (χ1n) is 5.64. The second kappa shape index (κ2) is 5.63. The van der Waals surface area contributed by atoms with Crippen LogP contribution < -0.4 is 5.73 Å². The zero-order valence-corrected chi connectivity index (χ0v) is 12.9. The lowest BCUT2D eigenvalue weighted by molar-refractivity contribution is 0.106. The molecule has 1 unspecified atom stereocenters. The topological polar surface area (TPSA) is 29.3 Å². The van der Waals surface area contributed by atoms with Gasteiger partial charge in [-0.3, -0.25) is 0 Å². The zero-order valence-electron chi connectivity index (χ0n) is 10.5. The van der Waals surface area contributed by atoms with E-state index < -0.39 is 0 Å². The zero-order chi connectivity index (χ0) is 12.3. The van der Waals surface area contributed by atoms with Gasteiger partial charge in [-0.1, -0.05) is 13.8 Å². The van der Waals surface area contributed by atoms with Crippen molar-refractivity contribution in [2.45, 2.75) is 38.3 Å². The Labute approximate surface area is 111 Å². The maximum Gasteiger partial charge on any atom is 0.0501 e. The molecule has 1 aromatic heterocycles. The van der Waals surface area contributed by atoms with Crippen molar-refractivity contribution in [3.63, 3.8) is 0 Å². The molecule has 0 saturated carbocycles. The summed E-state index contributed by atoms with van der Waals surface area (Å²) >= 11 is 5.28. The van der Waals surface area contributed by atoms with Crippen LogP contribution in [0.5, 0.6) is 0 Å². The fourth-order valence-corrected chi connectivity index (χ4v) is 3.98. The van der Waals surface area contributed by atoms with E-state index in [1.165, 1.54) is 5.56 Å². The number of nitrogens with two attached hydrogens (primary N) is 1. The third-order valence-corrected chi connectivity index (χ3v) is 5.42. The number of likely N-dealkylation sites (N-methyl/N-ethyl adjacent to an activating group) is 1. The summed E-state index contributed by atoms with van der Waals surface area (Å²) in [5.41, 5.74) is 7.75. The van der Waals surface area contributed by atoms with Gasteiger partial charge in [-0.15, -0.1) is 0 Å². The predicted molar refractivity (Wildman–Crippen MR) is 75.9 cm³/mol. The van der Waals surface area contributed by atoms with Crippen LogP contribution in [0.3, 0.4) is 0 Å². The summed E-state index contributed by atoms with van der Waals surface area (Å²) in [5.74, 6) is 0. The summed E-state index contributed by atoms with van der Waals surface area (Å²) in [7, 11) is 4.24. The van der Waals surface area contributed by atoms with Crippen LogP contribution in [0.2, 0.25) is 0 Å². The molecule has 0 fully saturated rings.